The second-order valence-electron chi connectivity index (χ2n) is 9.14. The maximum atomic E-state index is 14.1. The van der Waals surface area contributed by atoms with Crippen molar-refractivity contribution in [3.8, 4) is 17.3 Å². The highest BCUT2D eigenvalue weighted by atomic mass is 35.5. The van der Waals surface area contributed by atoms with E-state index in [1.54, 1.807) is 23.6 Å². The average Bonchev–Trinajstić information content (AvgIpc) is 3.44. The molecule has 8 nitrogen and oxygen atoms in total. The van der Waals surface area contributed by atoms with Crippen LogP contribution in [0.3, 0.4) is 0 Å². The Hall–Kier alpha value is -2.70. The Bertz CT molecular complexity index is 1390. The van der Waals surface area contributed by atoms with Gasteiger partial charge in [-0.1, -0.05) is 12.1 Å². The molecule has 0 saturated carbocycles. The van der Waals surface area contributed by atoms with Crippen LogP contribution in [-0.4, -0.2) is 69.6 Å². The number of rotatable bonds is 7. The van der Waals surface area contributed by atoms with Crippen LogP contribution in [0.5, 0.6) is 5.75 Å². The molecule has 1 aliphatic rings. The molecule has 4 aromatic rings. The Balaban J connectivity index is 0.00000200. The zero-order valence-electron chi connectivity index (χ0n) is 20.8. The standard InChI is InChI=1S/C25H27F3N6O2.2ClH/c1-15(14-35-2)36-19-6-3-16-4-7-20(30-21(16)11-19)24-32-31-22-8-5-17(12-34(22)24)23(25(26,27)28)33-10-9-18(29)13-33;;/h3-8,11-12,15,18,23H,9-10,13-14,29H2,1-2H3;2*1H/t15?,18?,23-;;/m1../s1. The first-order valence-corrected chi connectivity index (χ1v) is 11.7. The van der Waals surface area contributed by atoms with Crippen LogP contribution in [0, 0.1) is 0 Å². The maximum absolute atomic E-state index is 14.1. The van der Waals surface area contributed by atoms with Crippen molar-refractivity contribution in [2.24, 2.45) is 5.73 Å². The van der Waals surface area contributed by atoms with Gasteiger partial charge in [0.2, 0.25) is 0 Å². The summed E-state index contributed by atoms with van der Waals surface area (Å²) in [5.41, 5.74) is 7.59. The lowest BCUT2D eigenvalue weighted by atomic mass is 10.1. The summed E-state index contributed by atoms with van der Waals surface area (Å²) in [6, 6.07) is 10.2. The highest BCUT2D eigenvalue weighted by Crippen LogP contribution is 2.39. The van der Waals surface area contributed by atoms with E-state index in [4.69, 9.17) is 20.2 Å². The van der Waals surface area contributed by atoms with Crippen LogP contribution >= 0.6 is 24.8 Å². The predicted octanol–water partition coefficient (Wildman–Crippen LogP) is 4.84. The van der Waals surface area contributed by atoms with Crippen LogP contribution in [0.2, 0.25) is 0 Å². The summed E-state index contributed by atoms with van der Waals surface area (Å²) < 4.78 is 54.9. The lowest BCUT2D eigenvalue weighted by molar-refractivity contribution is -0.183. The van der Waals surface area contributed by atoms with Crippen LogP contribution in [0.15, 0.2) is 48.7 Å². The number of hydrogen-bond acceptors (Lipinski definition) is 7. The second kappa shape index (κ2) is 12.0. The Morgan fingerprint density at radius 1 is 1.11 bits per heavy atom. The van der Waals surface area contributed by atoms with Gasteiger partial charge >= 0.3 is 6.18 Å². The number of nitrogens with two attached hydrogens (primary N) is 1. The minimum absolute atomic E-state index is 0. The molecule has 0 radical (unpaired) electrons. The van der Waals surface area contributed by atoms with Gasteiger partial charge < -0.3 is 15.2 Å². The van der Waals surface area contributed by atoms with Crippen LogP contribution in [-0.2, 0) is 4.74 Å². The number of benzene rings is 1. The van der Waals surface area contributed by atoms with E-state index in [0.29, 0.717) is 41.5 Å². The molecule has 0 aliphatic carbocycles. The van der Waals surface area contributed by atoms with E-state index < -0.39 is 12.2 Å². The van der Waals surface area contributed by atoms with Crippen molar-refractivity contribution in [3.63, 3.8) is 0 Å². The first-order valence-electron chi connectivity index (χ1n) is 11.7. The van der Waals surface area contributed by atoms with E-state index in [0.717, 1.165) is 5.39 Å². The topological polar surface area (TPSA) is 90.8 Å². The zero-order chi connectivity index (χ0) is 25.4. The number of halogens is 5. The molecule has 0 spiro atoms. The molecule has 38 heavy (non-hydrogen) atoms. The van der Waals surface area contributed by atoms with Gasteiger partial charge in [-0.25, -0.2) is 4.98 Å². The summed E-state index contributed by atoms with van der Waals surface area (Å²) in [5, 5.41) is 9.26. The fraction of sp³-hybridized carbons (Fsp3) is 0.400. The van der Waals surface area contributed by atoms with Gasteiger partial charge in [0.1, 0.15) is 23.6 Å². The van der Waals surface area contributed by atoms with Gasteiger partial charge in [-0.15, -0.1) is 35.0 Å². The van der Waals surface area contributed by atoms with Crippen LogP contribution in [0.4, 0.5) is 13.2 Å². The summed E-state index contributed by atoms with van der Waals surface area (Å²) in [6.07, 6.45) is -2.61. The Labute approximate surface area is 230 Å². The molecule has 13 heteroatoms. The maximum Gasteiger partial charge on any atom is 0.408 e. The predicted molar refractivity (Wildman–Crippen MR) is 143 cm³/mol. The number of aromatic nitrogens is 4. The van der Waals surface area contributed by atoms with E-state index in [2.05, 4.69) is 10.2 Å². The van der Waals surface area contributed by atoms with Gasteiger partial charge in [0.15, 0.2) is 11.5 Å². The number of pyridine rings is 2. The lowest BCUT2D eigenvalue weighted by Gasteiger charge is -2.30. The van der Waals surface area contributed by atoms with Gasteiger partial charge in [0.05, 0.1) is 12.1 Å². The number of likely N-dealkylation sites (tertiary alicyclic amines) is 1. The first-order chi connectivity index (χ1) is 17.2. The Morgan fingerprint density at radius 2 is 1.87 bits per heavy atom. The van der Waals surface area contributed by atoms with Crippen molar-refractivity contribution in [3.05, 3.63) is 54.2 Å². The third-order valence-corrected chi connectivity index (χ3v) is 6.30. The molecule has 3 aromatic heterocycles. The summed E-state index contributed by atoms with van der Waals surface area (Å²) >= 11 is 0. The molecule has 206 valence electrons. The minimum atomic E-state index is -4.45. The van der Waals surface area contributed by atoms with Crippen molar-refractivity contribution in [2.75, 3.05) is 26.8 Å². The molecule has 1 fully saturated rings. The molecular weight excluding hydrogens is 544 g/mol. The molecule has 3 atom stereocenters. The zero-order valence-corrected chi connectivity index (χ0v) is 22.4. The van der Waals surface area contributed by atoms with E-state index in [1.165, 1.54) is 17.2 Å². The molecule has 0 bridgehead atoms. The molecule has 5 rings (SSSR count). The van der Waals surface area contributed by atoms with E-state index >= 15 is 0 Å². The van der Waals surface area contributed by atoms with Gasteiger partial charge in [-0.2, -0.15) is 13.2 Å². The van der Waals surface area contributed by atoms with Gasteiger partial charge in [-0.05, 0) is 43.2 Å². The molecule has 1 saturated heterocycles. The molecule has 2 N–H and O–H groups in total. The molecule has 1 aromatic carbocycles. The smallest absolute Gasteiger partial charge is 0.408 e. The average molecular weight is 573 g/mol. The summed E-state index contributed by atoms with van der Waals surface area (Å²) in [6.45, 7) is 2.83. The fourth-order valence-electron chi connectivity index (χ4n) is 4.70. The van der Waals surface area contributed by atoms with Crippen molar-refractivity contribution in [1.29, 1.82) is 0 Å². The third kappa shape index (κ3) is 6.13. The second-order valence-corrected chi connectivity index (χ2v) is 9.14. The largest absolute Gasteiger partial charge is 0.488 e. The van der Waals surface area contributed by atoms with Gasteiger partial charge in [-0.3, -0.25) is 9.30 Å². The summed E-state index contributed by atoms with van der Waals surface area (Å²) in [5.74, 6) is 0.994. The van der Waals surface area contributed by atoms with Gasteiger partial charge in [0, 0.05) is 43.9 Å². The molecule has 1 aliphatic heterocycles. The number of nitrogens with zero attached hydrogens (tertiary/aromatic N) is 5. The van der Waals surface area contributed by atoms with E-state index in [1.807, 2.05) is 31.2 Å². The first kappa shape index (κ1) is 29.9. The fourth-order valence-corrected chi connectivity index (χ4v) is 4.70. The van der Waals surface area contributed by atoms with Crippen molar-refractivity contribution in [1.82, 2.24) is 24.5 Å². The van der Waals surface area contributed by atoms with E-state index in [-0.39, 0.29) is 55.6 Å². The van der Waals surface area contributed by atoms with Crippen LogP contribution in [0.25, 0.3) is 28.1 Å². The summed E-state index contributed by atoms with van der Waals surface area (Å²) in [7, 11) is 1.61. The summed E-state index contributed by atoms with van der Waals surface area (Å²) in [4.78, 5) is 6.09. The SMILES string of the molecule is COCC(C)Oc1ccc2ccc(-c3nnc4ccc([C@@H](N5CCC(N)C5)C(F)(F)F)cn34)nc2c1.Cl.Cl. The number of ether oxygens (including phenoxy) is 2. The highest BCUT2D eigenvalue weighted by molar-refractivity contribution is 5.85. The van der Waals surface area contributed by atoms with Crippen molar-refractivity contribution in [2.45, 2.75) is 37.7 Å². The third-order valence-electron chi connectivity index (χ3n) is 6.30. The Kier molecular flexibility index (Phi) is 9.43. The number of methoxy groups -OCH3 is 1. The molecule has 4 heterocycles. The minimum Gasteiger partial charge on any atom is -0.488 e. The molecular formula is C25H29Cl2F3N6O2. The highest BCUT2D eigenvalue weighted by Gasteiger charge is 2.46. The lowest BCUT2D eigenvalue weighted by Crippen LogP contribution is -2.38. The van der Waals surface area contributed by atoms with Crippen LogP contribution < -0.4 is 10.5 Å². The monoisotopic (exact) mass is 572 g/mol. The number of hydrogen-bond donors (Lipinski definition) is 1. The normalized spacial score (nSPS) is 17.7. The quantitative estimate of drug-likeness (QED) is 0.339. The van der Waals surface area contributed by atoms with Gasteiger partial charge in [0.25, 0.3) is 0 Å². The van der Waals surface area contributed by atoms with E-state index in [9.17, 15) is 13.2 Å². The molecule has 0 amide bonds. The van der Waals surface area contributed by atoms with Crippen molar-refractivity contribution >= 4 is 41.4 Å². The van der Waals surface area contributed by atoms with Crippen LogP contribution in [0.1, 0.15) is 24.9 Å². The van der Waals surface area contributed by atoms with Crippen molar-refractivity contribution < 1.29 is 22.6 Å². The Morgan fingerprint density at radius 3 is 2.55 bits per heavy atom. The molecule has 2 unspecified atom stereocenters. The number of alkyl halides is 3. The number of fused-ring (bicyclic) bond motifs is 2.